The monoisotopic (exact) mass is 210 g/mol. The largest absolute Gasteiger partial charge is 0.372 e. The molecule has 0 aliphatic carbocycles. The molecule has 0 saturated heterocycles. The van der Waals surface area contributed by atoms with E-state index in [-0.39, 0.29) is 0 Å². The fourth-order valence-corrected chi connectivity index (χ4v) is 3.06. The highest BCUT2D eigenvalue weighted by Crippen LogP contribution is 2.34. The van der Waals surface area contributed by atoms with Crippen molar-refractivity contribution in [3.8, 4) is 0 Å². The van der Waals surface area contributed by atoms with Gasteiger partial charge in [0.25, 0.3) is 0 Å². The van der Waals surface area contributed by atoms with Gasteiger partial charge >= 0.3 is 0 Å². The summed E-state index contributed by atoms with van der Waals surface area (Å²) in [4.78, 5) is 1.49. The molecule has 0 spiro atoms. The summed E-state index contributed by atoms with van der Waals surface area (Å²) in [7, 11) is 0. The molecule has 14 heavy (non-hydrogen) atoms. The van der Waals surface area contributed by atoms with E-state index in [0.717, 1.165) is 13.0 Å². The van der Waals surface area contributed by atoms with E-state index < -0.39 is 0 Å². The van der Waals surface area contributed by atoms with E-state index in [9.17, 15) is 0 Å². The molecule has 0 unspecified atom stereocenters. The van der Waals surface area contributed by atoms with Gasteiger partial charge in [0.2, 0.25) is 0 Å². The third-order valence-electron chi connectivity index (χ3n) is 2.83. The molecule has 1 atom stereocenters. The summed E-state index contributed by atoms with van der Waals surface area (Å²) in [5.41, 5.74) is 1.53. The van der Waals surface area contributed by atoms with E-state index in [1.165, 1.54) is 36.1 Å². The van der Waals surface area contributed by atoms with E-state index in [0.29, 0.717) is 6.10 Å². The molecule has 0 amide bonds. The summed E-state index contributed by atoms with van der Waals surface area (Å²) in [6, 6.07) is 2.26. The number of rotatable bonds is 4. The van der Waals surface area contributed by atoms with Crippen LogP contribution in [-0.4, -0.2) is 6.61 Å². The van der Waals surface area contributed by atoms with Crippen LogP contribution < -0.4 is 0 Å². The SMILES string of the molecule is CCCCC[C@@H]1OCCc2ccsc21. The minimum absolute atomic E-state index is 0.408. The lowest BCUT2D eigenvalue weighted by Gasteiger charge is -2.22. The van der Waals surface area contributed by atoms with Crippen molar-refractivity contribution < 1.29 is 4.74 Å². The van der Waals surface area contributed by atoms with Crippen LogP contribution in [0.5, 0.6) is 0 Å². The van der Waals surface area contributed by atoms with E-state index in [1.54, 1.807) is 0 Å². The van der Waals surface area contributed by atoms with Gasteiger partial charge in [-0.1, -0.05) is 26.2 Å². The van der Waals surface area contributed by atoms with Crippen molar-refractivity contribution in [2.45, 2.75) is 45.1 Å². The molecule has 0 bridgehead atoms. The van der Waals surface area contributed by atoms with E-state index in [4.69, 9.17) is 4.74 Å². The quantitative estimate of drug-likeness (QED) is 0.684. The summed E-state index contributed by atoms with van der Waals surface area (Å²) in [5.74, 6) is 0. The van der Waals surface area contributed by atoms with Gasteiger partial charge in [-0.15, -0.1) is 11.3 Å². The summed E-state index contributed by atoms with van der Waals surface area (Å²) in [5, 5.41) is 2.20. The van der Waals surface area contributed by atoms with Crippen LogP contribution in [-0.2, 0) is 11.2 Å². The van der Waals surface area contributed by atoms with Gasteiger partial charge in [0.05, 0.1) is 12.7 Å². The van der Waals surface area contributed by atoms with Crippen molar-refractivity contribution >= 4 is 11.3 Å². The molecule has 1 aliphatic heterocycles. The number of thiophene rings is 1. The lowest BCUT2D eigenvalue weighted by Crippen LogP contribution is -2.13. The molecular weight excluding hydrogens is 192 g/mol. The highest BCUT2D eigenvalue weighted by Gasteiger charge is 2.21. The first-order valence-corrected chi connectivity index (χ1v) is 6.47. The molecule has 0 aromatic carbocycles. The maximum Gasteiger partial charge on any atom is 0.0919 e. The van der Waals surface area contributed by atoms with Gasteiger partial charge in [0.1, 0.15) is 0 Å². The second-order valence-electron chi connectivity index (χ2n) is 3.92. The van der Waals surface area contributed by atoms with Crippen molar-refractivity contribution in [3.63, 3.8) is 0 Å². The predicted octanol–water partition coefficient (Wildman–Crippen LogP) is 3.94. The van der Waals surface area contributed by atoms with Crippen molar-refractivity contribution in [1.29, 1.82) is 0 Å². The predicted molar refractivity (Wildman–Crippen MR) is 60.9 cm³/mol. The van der Waals surface area contributed by atoms with E-state index in [2.05, 4.69) is 18.4 Å². The van der Waals surface area contributed by atoms with Crippen LogP contribution in [0, 0.1) is 0 Å². The summed E-state index contributed by atoms with van der Waals surface area (Å²) >= 11 is 1.87. The number of ether oxygens (including phenoxy) is 1. The Labute approximate surface area is 90.1 Å². The number of fused-ring (bicyclic) bond motifs is 1. The number of hydrogen-bond donors (Lipinski definition) is 0. The van der Waals surface area contributed by atoms with Crippen LogP contribution in [0.15, 0.2) is 11.4 Å². The first-order chi connectivity index (χ1) is 6.92. The molecule has 0 fully saturated rings. The highest BCUT2D eigenvalue weighted by atomic mass is 32.1. The molecule has 0 radical (unpaired) electrons. The Morgan fingerprint density at radius 3 is 3.29 bits per heavy atom. The molecule has 0 saturated carbocycles. The molecule has 1 nitrogen and oxygen atoms in total. The maximum absolute atomic E-state index is 5.82. The van der Waals surface area contributed by atoms with Gasteiger partial charge in [0, 0.05) is 4.88 Å². The van der Waals surface area contributed by atoms with Crippen LogP contribution in [0.1, 0.15) is 49.2 Å². The maximum atomic E-state index is 5.82. The summed E-state index contributed by atoms with van der Waals surface area (Å²) in [6.07, 6.45) is 6.67. The first-order valence-electron chi connectivity index (χ1n) is 5.59. The molecule has 1 aromatic heterocycles. The van der Waals surface area contributed by atoms with Crippen molar-refractivity contribution in [2.24, 2.45) is 0 Å². The fraction of sp³-hybridized carbons (Fsp3) is 0.667. The third kappa shape index (κ3) is 2.18. The zero-order valence-electron chi connectivity index (χ0n) is 8.79. The van der Waals surface area contributed by atoms with Crippen LogP contribution in [0.3, 0.4) is 0 Å². The summed E-state index contributed by atoms with van der Waals surface area (Å²) < 4.78 is 5.82. The highest BCUT2D eigenvalue weighted by molar-refractivity contribution is 7.10. The summed E-state index contributed by atoms with van der Waals surface area (Å²) in [6.45, 7) is 3.17. The molecule has 78 valence electrons. The van der Waals surface area contributed by atoms with Crippen LogP contribution in [0.2, 0.25) is 0 Å². The van der Waals surface area contributed by atoms with Crippen LogP contribution in [0.25, 0.3) is 0 Å². The zero-order chi connectivity index (χ0) is 9.80. The van der Waals surface area contributed by atoms with Crippen molar-refractivity contribution in [2.75, 3.05) is 6.61 Å². The molecule has 0 N–H and O–H groups in total. The Morgan fingerprint density at radius 1 is 1.50 bits per heavy atom. The van der Waals surface area contributed by atoms with Crippen molar-refractivity contribution in [1.82, 2.24) is 0 Å². The van der Waals surface area contributed by atoms with Crippen LogP contribution >= 0.6 is 11.3 Å². The van der Waals surface area contributed by atoms with Crippen molar-refractivity contribution in [3.05, 3.63) is 21.9 Å². The van der Waals surface area contributed by atoms with Gasteiger partial charge in [-0.05, 0) is 29.9 Å². The lowest BCUT2D eigenvalue weighted by atomic mass is 10.0. The zero-order valence-corrected chi connectivity index (χ0v) is 9.61. The minimum atomic E-state index is 0.408. The van der Waals surface area contributed by atoms with Gasteiger partial charge < -0.3 is 4.74 Å². The Morgan fingerprint density at radius 2 is 2.43 bits per heavy atom. The smallest absolute Gasteiger partial charge is 0.0919 e. The van der Waals surface area contributed by atoms with Gasteiger partial charge in [0.15, 0.2) is 0 Å². The number of unbranched alkanes of at least 4 members (excludes halogenated alkanes) is 2. The second kappa shape index (κ2) is 4.94. The minimum Gasteiger partial charge on any atom is -0.372 e. The Balaban J connectivity index is 1.94. The van der Waals surface area contributed by atoms with Gasteiger partial charge in [-0.25, -0.2) is 0 Å². The molecule has 1 aromatic rings. The molecule has 1 aliphatic rings. The molecule has 2 heteroatoms. The normalized spacial score (nSPS) is 20.8. The van der Waals surface area contributed by atoms with Gasteiger partial charge in [-0.3, -0.25) is 0 Å². The van der Waals surface area contributed by atoms with Crippen LogP contribution in [0.4, 0.5) is 0 Å². The average molecular weight is 210 g/mol. The van der Waals surface area contributed by atoms with E-state index in [1.807, 2.05) is 11.3 Å². The standard InChI is InChI=1S/C12H18OS/c1-2-3-4-5-11-12-10(6-8-13-11)7-9-14-12/h7,9,11H,2-6,8H2,1H3/t11-/m0/s1. The topological polar surface area (TPSA) is 9.23 Å². The second-order valence-corrected chi connectivity index (χ2v) is 4.86. The number of hydrogen-bond acceptors (Lipinski definition) is 2. The first kappa shape index (κ1) is 10.2. The molecule has 2 rings (SSSR count). The fourth-order valence-electron chi connectivity index (χ4n) is 2.02. The Kier molecular flexibility index (Phi) is 3.60. The Bertz CT molecular complexity index is 280. The molecular formula is C12H18OS. The van der Waals surface area contributed by atoms with E-state index >= 15 is 0 Å². The molecule has 2 heterocycles. The Hall–Kier alpha value is -0.340. The third-order valence-corrected chi connectivity index (χ3v) is 3.88. The lowest BCUT2D eigenvalue weighted by molar-refractivity contribution is 0.0379. The van der Waals surface area contributed by atoms with Gasteiger partial charge in [-0.2, -0.15) is 0 Å². The average Bonchev–Trinajstić information content (AvgIpc) is 2.67.